The Morgan fingerprint density at radius 2 is 1.10 bits per heavy atom. The third-order valence-electron chi connectivity index (χ3n) is 9.08. The number of benzene rings is 4. The molecule has 1 N–H and O–H groups in total. The number of hydrogen-bond acceptors (Lipinski definition) is 6. The van der Waals surface area contributed by atoms with Crippen LogP contribution in [0.15, 0.2) is 121 Å². The van der Waals surface area contributed by atoms with E-state index in [1.165, 1.54) is 6.92 Å². The van der Waals surface area contributed by atoms with Gasteiger partial charge in [0.05, 0.1) is 22.9 Å². The van der Waals surface area contributed by atoms with Gasteiger partial charge in [-0.25, -0.2) is 0 Å². The summed E-state index contributed by atoms with van der Waals surface area (Å²) in [7, 11) is -3.28. The molecule has 0 aromatic heterocycles. The van der Waals surface area contributed by atoms with Gasteiger partial charge in [-0.2, -0.15) is 0 Å². The van der Waals surface area contributed by atoms with Crippen LogP contribution >= 0.6 is 16.3 Å². The molecule has 1 heterocycles. The summed E-state index contributed by atoms with van der Waals surface area (Å²) < 4.78 is 34.3. The number of ether oxygens (including phenoxy) is 2. The molecule has 1 saturated heterocycles. The second kappa shape index (κ2) is 17.0. The maximum absolute atomic E-state index is 12.8. The first-order chi connectivity index (χ1) is 23.5. The molecule has 1 fully saturated rings. The Morgan fingerprint density at radius 3 is 1.45 bits per heavy atom. The smallest absolute Gasteiger partial charge is 0.217 e. The van der Waals surface area contributed by atoms with Crippen molar-refractivity contribution in [1.82, 2.24) is 5.32 Å². The van der Waals surface area contributed by atoms with Crippen LogP contribution in [0, 0.1) is 0 Å². The zero-order valence-electron chi connectivity index (χ0n) is 29.5. The van der Waals surface area contributed by atoms with E-state index in [4.69, 9.17) is 22.9 Å². The molecule has 0 unspecified atom stereocenters. The Bertz CT molecular complexity index is 1510. The molecule has 0 bridgehead atoms. The number of rotatable bonds is 13. The lowest BCUT2D eigenvalue weighted by Crippen LogP contribution is -2.66. The zero-order chi connectivity index (χ0) is 35.0. The number of methoxy groups -OCH3 is 1. The fourth-order valence-electron chi connectivity index (χ4n) is 5.43. The quantitative estimate of drug-likeness (QED) is 0.122. The second-order valence-electron chi connectivity index (χ2n) is 13.6. The number of hydrogen-bond donors (Lipinski definition) is 1. The molecule has 0 saturated carbocycles. The standard InChI is InChI=1S/C39H49NO6P2Si/c1-29(41)40-35-37(46-48(32-24-16-10-17-25-32)33-26-18-11-19-27-33)36(34(44-38(35)42-5)28-43-49(6,7)39(2,3)4)45-47(30-20-12-8-13-21-30)31-22-14-9-15-23-31/h8-27,34-38H,28H2,1-7H3,(H,40,41)/t34-,35-,36-,37-,38-/m1/s1. The molecular formula is C39H49NO6P2Si. The minimum atomic E-state index is -2.20. The van der Waals surface area contributed by atoms with Crippen LogP contribution in [0.5, 0.6) is 0 Å². The lowest BCUT2D eigenvalue weighted by Gasteiger charge is -2.48. The highest BCUT2D eigenvalue weighted by Gasteiger charge is 2.51. The van der Waals surface area contributed by atoms with Crippen molar-refractivity contribution in [2.24, 2.45) is 0 Å². The van der Waals surface area contributed by atoms with E-state index < -0.39 is 55.3 Å². The van der Waals surface area contributed by atoms with Crippen LogP contribution in [0.4, 0.5) is 0 Å². The van der Waals surface area contributed by atoms with E-state index >= 15 is 0 Å². The minimum absolute atomic E-state index is 0.0110. The molecule has 1 amide bonds. The molecule has 260 valence electrons. The van der Waals surface area contributed by atoms with Crippen LogP contribution < -0.4 is 26.5 Å². The first-order valence-electron chi connectivity index (χ1n) is 16.7. The summed E-state index contributed by atoms with van der Waals surface area (Å²) in [5, 5.41) is 7.34. The topological polar surface area (TPSA) is 75.2 Å². The van der Waals surface area contributed by atoms with Crippen molar-refractivity contribution in [2.75, 3.05) is 13.7 Å². The third kappa shape index (κ3) is 9.52. The van der Waals surface area contributed by atoms with Crippen molar-refractivity contribution in [3.8, 4) is 0 Å². The molecule has 0 spiro atoms. The van der Waals surface area contributed by atoms with E-state index in [0.717, 1.165) is 21.2 Å². The van der Waals surface area contributed by atoms with E-state index in [0.29, 0.717) is 0 Å². The van der Waals surface area contributed by atoms with Gasteiger partial charge in [-0.15, -0.1) is 0 Å². The zero-order valence-corrected chi connectivity index (χ0v) is 32.3. The lowest BCUT2D eigenvalue weighted by molar-refractivity contribution is -0.250. The molecular weight excluding hydrogens is 668 g/mol. The van der Waals surface area contributed by atoms with Crippen molar-refractivity contribution in [2.45, 2.75) is 76.5 Å². The molecule has 5 rings (SSSR count). The second-order valence-corrected chi connectivity index (χ2v) is 22.1. The number of carbonyl (C=O) groups excluding carboxylic acids is 1. The Balaban J connectivity index is 1.65. The Kier molecular flexibility index (Phi) is 13.0. The fourth-order valence-corrected chi connectivity index (χ4v) is 10.3. The fraction of sp³-hybridized carbons (Fsp3) is 0.359. The van der Waals surface area contributed by atoms with Crippen LogP contribution in [0.1, 0.15) is 27.7 Å². The van der Waals surface area contributed by atoms with Crippen molar-refractivity contribution >= 4 is 51.7 Å². The van der Waals surface area contributed by atoms with E-state index in [2.05, 4.69) is 87.7 Å². The normalized spacial score (nSPS) is 21.5. The summed E-state index contributed by atoms with van der Waals surface area (Å²) in [6, 6.07) is 40.4. The molecule has 10 heteroatoms. The van der Waals surface area contributed by atoms with E-state index in [9.17, 15) is 4.79 Å². The van der Waals surface area contributed by atoms with Gasteiger partial charge in [-0.05, 0) is 18.1 Å². The monoisotopic (exact) mass is 717 g/mol. The predicted octanol–water partition coefficient (Wildman–Crippen LogP) is 6.75. The van der Waals surface area contributed by atoms with Gasteiger partial charge in [0, 0.05) is 35.3 Å². The molecule has 4 aromatic rings. The van der Waals surface area contributed by atoms with Gasteiger partial charge in [-0.1, -0.05) is 142 Å². The van der Waals surface area contributed by atoms with E-state index in [1.54, 1.807) is 7.11 Å². The Hall–Kier alpha value is -2.77. The maximum atomic E-state index is 12.8. The van der Waals surface area contributed by atoms with Gasteiger partial charge in [0.25, 0.3) is 0 Å². The number of carbonyl (C=O) groups is 1. The van der Waals surface area contributed by atoms with Gasteiger partial charge in [0.15, 0.2) is 14.6 Å². The van der Waals surface area contributed by atoms with Crippen molar-refractivity contribution in [3.05, 3.63) is 121 Å². The van der Waals surface area contributed by atoms with E-state index in [1.807, 2.05) is 72.8 Å². The van der Waals surface area contributed by atoms with Crippen molar-refractivity contribution < 1.29 is 27.7 Å². The van der Waals surface area contributed by atoms with Crippen LogP contribution in [0.2, 0.25) is 18.1 Å². The van der Waals surface area contributed by atoms with Crippen LogP contribution in [-0.2, 0) is 27.7 Å². The van der Waals surface area contributed by atoms with Gasteiger partial charge in [0.1, 0.15) is 24.4 Å². The Morgan fingerprint density at radius 1 is 0.714 bits per heavy atom. The third-order valence-corrected chi connectivity index (χ3v) is 17.6. The van der Waals surface area contributed by atoms with Crippen LogP contribution in [0.25, 0.3) is 0 Å². The first kappa shape index (κ1) is 37.5. The molecule has 49 heavy (non-hydrogen) atoms. The summed E-state index contributed by atoms with van der Waals surface area (Å²) in [4.78, 5) is 12.8. The lowest BCUT2D eigenvalue weighted by atomic mass is 9.97. The molecule has 1 aliphatic heterocycles. The molecule has 5 atom stereocenters. The minimum Gasteiger partial charge on any atom is -0.414 e. The Labute approximate surface area is 295 Å². The summed E-state index contributed by atoms with van der Waals surface area (Å²) in [6.45, 7) is 12.9. The summed E-state index contributed by atoms with van der Waals surface area (Å²) in [5.74, 6) is -0.212. The summed E-state index contributed by atoms with van der Waals surface area (Å²) in [6.07, 6.45) is -2.67. The summed E-state index contributed by atoms with van der Waals surface area (Å²) >= 11 is 0. The number of amides is 1. The molecule has 4 aromatic carbocycles. The first-order valence-corrected chi connectivity index (χ1v) is 22.1. The maximum Gasteiger partial charge on any atom is 0.217 e. The highest BCUT2D eigenvalue weighted by molar-refractivity contribution is 7.69. The highest BCUT2D eigenvalue weighted by Crippen LogP contribution is 2.46. The SMILES string of the molecule is CO[C@@H]1O[C@H](CO[Si](C)(C)C(C)(C)C)[C@@H](OP(c2ccccc2)c2ccccc2)[C@H](OP(c2ccccc2)c2ccccc2)[C@H]1NC(C)=O. The molecule has 1 aliphatic rings. The van der Waals surface area contributed by atoms with Crippen LogP contribution in [0.3, 0.4) is 0 Å². The summed E-state index contributed by atoms with van der Waals surface area (Å²) in [5.41, 5.74) is 0. The molecule has 0 aliphatic carbocycles. The van der Waals surface area contributed by atoms with Gasteiger partial charge in [0.2, 0.25) is 5.91 Å². The van der Waals surface area contributed by atoms with Gasteiger partial charge < -0.3 is 28.3 Å². The van der Waals surface area contributed by atoms with Gasteiger partial charge >= 0.3 is 0 Å². The highest BCUT2D eigenvalue weighted by atomic mass is 31.1. The van der Waals surface area contributed by atoms with Crippen LogP contribution in [-0.4, -0.2) is 58.6 Å². The number of nitrogens with one attached hydrogen (secondary N) is 1. The van der Waals surface area contributed by atoms with Gasteiger partial charge in [-0.3, -0.25) is 4.79 Å². The molecule has 0 radical (unpaired) electrons. The average Bonchev–Trinajstić information content (AvgIpc) is 3.10. The van der Waals surface area contributed by atoms with Crippen molar-refractivity contribution in [1.29, 1.82) is 0 Å². The largest absolute Gasteiger partial charge is 0.414 e. The van der Waals surface area contributed by atoms with E-state index in [-0.39, 0.29) is 17.6 Å². The molecule has 7 nitrogen and oxygen atoms in total. The van der Waals surface area contributed by atoms with Crippen molar-refractivity contribution in [3.63, 3.8) is 0 Å². The average molecular weight is 718 g/mol. The predicted molar refractivity (Wildman–Crippen MR) is 204 cm³/mol.